The molecule has 0 saturated carbocycles. The van der Waals surface area contributed by atoms with E-state index in [-0.39, 0.29) is 0 Å². The van der Waals surface area contributed by atoms with Gasteiger partial charge in [0.2, 0.25) is 0 Å². The molecule has 1 unspecified atom stereocenters. The monoisotopic (exact) mass is 256 g/mol. The van der Waals surface area contributed by atoms with E-state index in [9.17, 15) is 0 Å². The Hall–Kier alpha value is -1.41. The van der Waals surface area contributed by atoms with Gasteiger partial charge in [0.25, 0.3) is 0 Å². The van der Waals surface area contributed by atoms with Crippen LogP contribution in [0.25, 0.3) is 10.9 Å². The van der Waals surface area contributed by atoms with Crippen LogP contribution in [0.5, 0.6) is 0 Å². The normalized spacial score (nSPS) is 12.8. The average molecular weight is 256 g/mol. The Morgan fingerprint density at radius 2 is 2.00 bits per heavy atom. The Kier molecular flexibility index (Phi) is 4.92. The molecule has 2 nitrogen and oxygen atoms in total. The molecule has 1 heterocycles. The summed E-state index contributed by atoms with van der Waals surface area (Å²) in [6.07, 6.45) is 3.72. The fraction of sp³-hybridized carbons (Fsp3) is 0.471. The zero-order chi connectivity index (χ0) is 13.7. The Balaban J connectivity index is 2.29. The molecular weight excluding hydrogens is 232 g/mol. The van der Waals surface area contributed by atoms with Gasteiger partial charge in [0.15, 0.2) is 0 Å². The van der Waals surface area contributed by atoms with Crippen LogP contribution in [-0.2, 0) is 0 Å². The third kappa shape index (κ3) is 3.54. The average Bonchev–Trinajstić information content (AvgIpc) is 2.43. The number of rotatable bonds is 6. The molecule has 2 heteroatoms. The molecule has 0 aliphatic rings. The third-order valence-electron chi connectivity index (χ3n) is 3.55. The summed E-state index contributed by atoms with van der Waals surface area (Å²) in [7, 11) is 0. The smallest absolute Gasteiger partial charge is 0.0705 e. The number of unbranched alkanes of at least 4 members (excludes halogenated alkanes) is 1. The topological polar surface area (TPSA) is 24.9 Å². The number of benzene rings is 1. The van der Waals surface area contributed by atoms with Crippen LogP contribution >= 0.6 is 0 Å². The van der Waals surface area contributed by atoms with E-state index in [4.69, 9.17) is 0 Å². The lowest BCUT2D eigenvalue weighted by Crippen LogP contribution is -2.20. The van der Waals surface area contributed by atoms with E-state index in [1.165, 1.54) is 30.2 Å². The first-order valence-electron chi connectivity index (χ1n) is 7.35. The van der Waals surface area contributed by atoms with E-state index >= 15 is 0 Å². The van der Waals surface area contributed by atoms with Gasteiger partial charge in [0.05, 0.1) is 5.52 Å². The van der Waals surface area contributed by atoms with E-state index < -0.39 is 0 Å². The summed E-state index contributed by atoms with van der Waals surface area (Å²) in [4.78, 5) is 4.56. The van der Waals surface area contributed by atoms with Crippen molar-refractivity contribution in [2.24, 2.45) is 0 Å². The van der Waals surface area contributed by atoms with E-state index in [1.54, 1.807) is 0 Å². The molecule has 1 N–H and O–H groups in total. The lowest BCUT2D eigenvalue weighted by Gasteiger charge is -2.18. The zero-order valence-electron chi connectivity index (χ0n) is 12.2. The second-order valence-electron chi connectivity index (χ2n) is 5.16. The van der Waals surface area contributed by atoms with Crippen molar-refractivity contribution in [1.82, 2.24) is 10.3 Å². The minimum Gasteiger partial charge on any atom is -0.310 e. The van der Waals surface area contributed by atoms with Crippen LogP contribution in [0.3, 0.4) is 0 Å². The van der Waals surface area contributed by atoms with Crippen LogP contribution in [0.1, 0.15) is 50.4 Å². The van der Waals surface area contributed by atoms with Crippen molar-refractivity contribution >= 4 is 10.9 Å². The van der Waals surface area contributed by atoms with Crippen LogP contribution in [0, 0.1) is 6.92 Å². The van der Waals surface area contributed by atoms with Gasteiger partial charge >= 0.3 is 0 Å². The second-order valence-corrected chi connectivity index (χ2v) is 5.16. The van der Waals surface area contributed by atoms with Crippen LogP contribution < -0.4 is 5.32 Å². The van der Waals surface area contributed by atoms with Crippen LogP contribution in [0.15, 0.2) is 30.3 Å². The van der Waals surface area contributed by atoms with Gasteiger partial charge in [0.1, 0.15) is 0 Å². The summed E-state index contributed by atoms with van der Waals surface area (Å²) >= 11 is 0. The van der Waals surface area contributed by atoms with E-state index in [2.05, 4.69) is 54.5 Å². The molecule has 1 atom stereocenters. The van der Waals surface area contributed by atoms with Crippen molar-refractivity contribution in [3.8, 4) is 0 Å². The first-order chi connectivity index (χ1) is 9.24. The summed E-state index contributed by atoms with van der Waals surface area (Å²) in [5.41, 5.74) is 3.55. The van der Waals surface area contributed by atoms with Gasteiger partial charge in [-0.3, -0.25) is 4.98 Å². The summed E-state index contributed by atoms with van der Waals surface area (Å²) in [5.74, 6) is 0. The summed E-state index contributed by atoms with van der Waals surface area (Å²) in [5, 5.41) is 4.83. The molecule has 102 valence electrons. The SMILES string of the molecule is CCCCC(NCC)c1ccc2nc(C)ccc2c1. The van der Waals surface area contributed by atoms with E-state index in [1.807, 2.05) is 6.92 Å². The zero-order valence-corrected chi connectivity index (χ0v) is 12.2. The van der Waals surface area contributed by atoms with E-state index in [0.29, 0.717) is 6.04 Å². The van der Waals surface area contributed by atoms with Gasteiger partial charge < -0.3 is 5.32 Å². The van der Waals surface area contributed by atoms with Gasteiger partial charge in [-0.05, 0) is 43.7 Å². The molecule has 0 amide bonds. The maximum Gasteiger partial charge on any atom is 0.0705 e. The Labute approximate surface area is 116 Å². The Morgan fingerprint density at radius 1 is 1.16 bits per heavy atom. The van der Waals surface area contributed by atoms with E-state index in [0.717, 1.165) is 17.8 Å². The molecule has 0 fully saturated rings. The van der Waals surface area contributed by atoms with Crippen LogP contribution in [0.2, 0.25) is 0 Å². The molecule has 0 saturated heterocycles. The minimum atomic E-state index is 0.468. The number of hydrogen-bond donors (Lipinski definition) is 1. The third-order valence-corrected chi connectivity index (χ3v) is 3.55. The van der Waals surface area contributed by atoms with Crippen molar-refractivity contribution in [2.75, 3.05) is 6.54 Å². The molecule has 0 radical (unpaired) electrons. The van der Waals surface area contributed by atoms with Crippen LogP contribution in [-0.4, -0.2) is 11.5 Å². The summed E-state index contributed by atoms with van der Waals surface area (Å²) in [6.45, 7) is 7.47. The maximum absolute atomic E-state index is 4.56. The number of nitrogens with one attached hydrogen (secondary N) is 1. The molecule has 0 bridgehead atoms. The Bertz CT molecular complexity index is 534. The quantitative estimate of drug-likeness (QED) is 0.829. The van der Waals surface area contributed by atoms with Gasteiger partial charge in [-0.1, -0.05) is 38.8 Å². The Morgan fingerprint density at radius 3 is 2.74 bits per heavy atom. The molecular formula is C17H24N2. The molecule has 0 aliphatic carbocycles. The lowest BCUT2D eigenvalue weighted by atomic mass is 9.99. The van der Waals surface area contributed by atoms with Crippen molar-refractivity contribution in [3.05, 3.63) is 41.6 Å². The first-order valence-corrected chi connectivity index (χ1v) is 7.35. The minimum absolute atomic E-state index is 0.468. The fourth-order valence-corrected chi connectivity index (χ4v) is 2.50. The van der Waals surface area contributed by atoms with Gasteiger partial charge in [-0.2, -0.15) is 0 Å². The first kappa shape index (κ1) is 14.0. The predicted molar refractivity (Wildman–Crippen MR) is 82.4 cm³/mol. The summed E-state index contributed by atoms with van der Waals surface area (Å²) in [6, 6.07) is 11.4. The molecule has 1 aromatic carbocycles. The number of aromatic nitrogens is 1. The molecule has 2 aromatic rings. The maximum atomic E-state index is 4.56. The number of aryl methyl sites for hydroxylation is 1. The highest BCUT2D eigenvalue weighted by molar-refractivity contribution is 5.79. The second kappa shape index (κ2) is 6.67. The highest BCUT2D eigenvalue weighted by Crippen LogP contribution is 2.23. The molecule has 2 rings (SSSR count). The highest BCUT2D eigenvalue weighted by atomic mass is 14.9. The molecule has 19 heavy (non-hydrogen) atoms. The summed E-state index contributed by atoms with van der Waals surface area (Å²) < 4.78 is 0. The largest absolute Gasteiger partial charge is 0.310 e. The van der Waals surface area contributed by atoms with Crippen molar-refractivity contribution in [3.63, 3.8) is 0 Å². The number of hydrogen-bond acceptors (Lipinski definition) is 2. The molecule has 0 aliphatic heterocycles. The van der Waals surface area contributed by atoms with Crippen molar-refractivity contribution < 1.29 is 0 Å². The highest BCUT2D eigenvalue weighted by Gasteiger charge is 2.10. The standard InChI is InChI=1S/C17H24N2/c1-4-6-7-16(18-5-2)14-10-11-17-15(12-14)9-8-13(3)19-17/h8-12,16,18H,4-7H2,1-3H3. The van der Waals surface area contributed by atoms with Gasteiger partial charge in [-0.25, -0.2) is 0 Å². The van der Waals surface area contributed by atoms with Crippen LogP contribution in [0.4, 0.5) is 0 Å². The number of nitrogens with zero attached hydrogens (tertiary/aromatic N) is 1. The van der Waals surface area contributed by atoms with Crippen molar-refractivity contribution in [2.45, 2.75) is 46.1 Å². The molecule has 1 aromatic heterocycles. The number of fused-ring (bicyclic) bond motifs is 1. The molecule has 0 spiro atoms. The fourth-order valence-electron chi connectivity index (χ4n) is 2.50. The van der Waals surface area contributed by atoms with Crippen molar-refractivity contribution in [1.29, 1.82) is 0 Å². The lowest BCUT2D eigenvalue weighted by molar-refractivity contribution is 0.495. The number of pyridine rings is 1. The predicted octanol–water partition coefficient (Wildman–Crippen LogP) is 4.38. The van der Waals surface area contributed by atoms with Gasteiger partial charge in [0, 0.05) is 17.1 Å². The van der Waals surface area contributed by atoms with Gasteiger partial charge in [-0.15, -0.1) is 0 Å².